The van der Waals surface area contributed by atoms with E-state index in [9.17, 15) is 14.4 Å². The van der Waals surface area contributed by atoms with Crippen LogP contribution < -0.4 is 10.6 Å². The molecule has 3 aliphatic carbocycles. The molecule has 4 atom stereocenters. The normalized spacial score (nSPS) is 29.5. The van der Waals surface area contributed by atoms with Crippen LogP contribution in [0.15, 0.2) is 17.5 Å². The third kappa shape index (κ3) is 3.92. The molecule has 172 valence electrons. The molecule has 2 saturated carbocycles. The molecule has 8 heteroatoms. The first-order valence-corrected chi connectivity index (χ1v) is 12.8. The SMILES string of the molecule is CC(=O)c1csc(NC(=O)[C@@H]2C3C=CC([C@H]2C(=O)NCCCCN2CCCC2)C32CC2)n1. The van der Waals surface area contributed by atoms with E-state index < -0.39 is 0 Å². The summed E-state index contributed by atoms with van der Waals surface area (Å²) < 4.78 is 0. The molecule has 0 aromatic carbocycles. The number of likely N-dealkylation sites (tertiary alicyclic amines) is 1. The van der Waals surface area contributed by atoms with E-state index in [2.05, 4.69) is 32.7 Å². The molecule has 3 fully saturated rings. The largest absolute Gasteiger partial charge is 0.356 e. The van der Waals surface area contributed by atoms with Crippen molar-refractivity contribution in [3.05, 3.63) is 23.2 Å². The Morgan fingerprint density at radius 1 is 1.09 bits per heavy atom. The Morgan fingerprint density at radius 3 is 2.41 bits per heavy atom. The highest BCUT2D eigenvalue weighted by atomic mass is 32.1. The van der Waals surface area contributed by atoms with E-state index in [4.69, 9.17) is 0 Å². The van der Waals surface area contributed by atoms with Crippen LogP contribution in [0.1, 0.15) is 55.9 Å². The molecule has 32 heavy (non-hydrogen) atoms. The van der Waals surface area contributed by atoms with Gasteiger partial charge in [0.25, 0.3) is 0 Å². The highest BCUT2D eigenvalue weighted by Crippen LogP contribution is 2.72. The van der Waals surface area contributed by atoms with Gasteiger partial charge in [-0.2, -0.15) is 0 Å². The molecule has 2 unspecified atom stereocenters. The number of anilines is 1. The van der Waals surface area contributed by atoms with Crippen LogP contribution in [0.2, 0.25) is 0 Å². The third-order valence-corrected chi connectivity index (χ3v) is 8.70. The minimum atomic E-state index is -0.373. The summed E-state index contributed by atoms with van der Waals surface area (Å²) in [5, 5.41) is 8.13. The molecule has 5 rings (SSSR count). The van der Waals surface area contributed by atoms with Crippen molar-refractivity contribution in [2.24, 2.45) is 29.1 Å². The van der Waals surface area contributed by atoms with Gasteiger partial charge in [0, 0.05) is 18.8 Å². The fourth-order valence-corrected chi connectivity index (χ4v) is 6.94. The number of hydrogen-bond acceptors (Lipinski definition) is 6. The predicted molar refractivity (Wildman–Crippen MR) is 123 cm³/mol. The summed E-state index contributed by atoms with van der Waals surface area (Å²) >= 11 is 1.25. The lowest BCUT2D eigenvalue weighted by molar-refractivity contribution is -0.132. The van der Waals surface area contributed by atoms with Gasteiger partial charge >= 0.3 is 0 Å². The molecule has 7 nitrogen and oxygen atoms in total. The minimum Gasteiger partial charge on any atom is -0.356 e. The van der Waals surface area contributed by atoms with Crippen LogP contribution in [0.25, 0.3) is 0 Å². The Hall–Kier alpha value is -2.06. The van der Waals surface area contributed by atoms with Crippen molar-refractivity contribution < 1.29 is 14.4 Å². The zero-order valence-electron chi connectivity index (χ0n) is 18.6. The molecule has 2 bridgehead atoms. The number of aromatic nitrogens is 1. The van der Waals surface area contributed by atoms with Crippen LogP contribution in [-0.4, -0.2) is 53.7 Å². The molecule has 1 aliphatic heterocycles. The second kappa shape index (κ2) is 8.71. The number of allylic oxidation sites excluding steroid dienone is 2. The van der Waals surface area contributed by atoms with Gasteiger partial charge in [0.05, 0.1) is 11.8 Å². The zero-order valence-corrected chi connectivity index (χ0v) is 19.5. The molecule has 2 heterocycles. The number of hydrogen-bond donors (Lipinski definition) is 2. The van der Waals surface area contributed by atoms with Crippen molar-refractivity contribution >= 4 is 34.1 Å². The monoisotopic (exact) mass is 456 g/mol. The van der Waals surface area contributed by atoms with E-state index in [1.54, 1.807) is 5.38 Å². The number of carbonyl (C=O) groups excluding carboxylic acids is 3. The van der Waals surface area contributed by atoms with Crippen LogP contribution in [0, 0.1) is 29.1 Å². The molecule has 1 spiro atoms. The van der Waals surface area contributed by atoms with Crippen molar-refractivity contribution in [2.75, 3.05) is 31.5 Å². The van der Waals surface area contributed by atoms with Crippen molar-refractivity contribution in [1.29, 1.82) is 0 Å². The van der Waals surface area contributed by atoms with Gasteiger partial charge in [-0.05, 0) is 75.4 Å². The third-order valence-electron chi connectivity index (χ3n) is 7.94. The average Bonchev–Trinajstić information content (AvgIpc) is 3.11. The molecule has 1 saturated heterocycles. The first-order chi connectivity index (χ1) is 15.5. The molecule has 1 aromatic heterocycles. The molecule has 1 aromatic rings. The van der Waals surface area contributed by atoms with Crippen molar-refractivity contribution in [1.82, 2.24) is 15.2 Å². The maximum absolute atomic E-state index is 13.3. The van der Waals surface area contributed by atoms with E-state index in [1.165, 1.54) is 44.2 Å². The fraction of sp³-hybridized carbons (Fsp3) is 0.667. The van der Waals surface area contributed by atoms with Crippen molar-refractivity contribution in [3.8, 4) is 0 Å². The second-order valence-corrected chi connectivity index (χ2v) is 10.7. The number of nitrogens with zero attached hydrogens (tertiary/aromatic N) is 2. The predicted octanol–water partition coefficient (Wildman–Crippen LogP) is 3.10. The summed E-state index contributed by atoms with van der Waals surface area (Å²) in [6.45, 7) is 5.65. The van der Waals surface area contributed by atoms with Gasteiger partial charge in [0.1, 0.15) is 5.69 Å². The van der Waals surface area contributed by atoms with Gasteiger partial charge in [-0.1, -0.05) is 12.2 Å². The number of carbonyl (C=O) groups is 3. The smallest absolute Gasteiger partial charge is 0.230 e. The number of unbranched alkanes of at least 4 members (excludes halogenated alkanes) is 1. The summed E-state index contributed by atoms with van der Waals surface area (Å²) in [4.78, 5) is 44.8. The maximum Gasteiger partial charge on any atom is 0.230 e. The Labute approximate surface area is 193 Å². The summed E-state index contributed by atoms with van der Waals surface area (Å²) in [5.41, 5.74) is 0.465. The van der Waals surface area contributed by atoms with E-state index in [0.717, 1.165) is 32.2 Å². The van der Waals surface area contributed by atoms with Crippen molar-refractivity contribution in [3.63, 3.8) is 0 Å². The molecular weight excluding hydrogens is 424 g/mol. The van der Waals surface area contributed by atoms with Gasteiger partial charge in [-0.25, -0.2) is 4.98 Å². The molecule has 4 aliphatic rings. The number of ketones is 1. The van der Waals surface area contributed by atoms with Crippen molar-refractivity contribution in [2.45, 2.75) is 45.4 Å². The zero-order chi connectivity index (χ0) is 22.3. The van der Waals surface area contributed by atoms with Crippen LogP contribution in [-0.2, 0) is 9.59 Å². The summed E-state index contributed by atoms with van der Waals surface area (Å²) in [6, 6.07) is 0. The lowest BCUT2D eigenvalue weighted by Crippen LogP contribution is -2.42. The highest BCUT2D eigenvalue weighted by molar-refractivity contribution is 7.14. The molecular formula is C24H32N4O3S. The van der Waals surface area contributed by atoms with Crippen LogP contribution in [0.4, 0.5) is 5.13 Å². The quantitative estimate of drug-likeness (QED) is 0.338. The summed E-state index contributed by atoms with van der Waals surface area (Å²) in [7, 11) is 0. The molecule has 2 N–H and O–H groups in total. The topological polar surface area (TPSA) is 91.4 Å². The first-order valence-electron chi connectivity index (χ1n) is 12.0. The molecule has 0 radical (unpaired) electrons. The molecule has 2 amide bonds. The summed E-state index contributed by atoms with van der Waals surface area (Å²) in [5.74, 6) is -0.684. The number of rotatable bonds is 9. The van der Waals surface area contributed by atoms with E-state index in [1.807, 2.05) is 0 Å². The Morgan fingerprint density at radius 2 is 1.78 bits per heavy atom. The standard InChI is InChI=1S/C24H32N4O3S/c1-15(29)18-14-32-23(26-18)27-22(31)20-17-7-6-16(24(17)8-9-24)19(20)21(30)25-10-2-3-11-28-12-4-5-13-28/h6-7,14,16-17,19-20H,2-5,8-13H2,1H3,(H,25,30)(H,26,27,31)/t16?,17?,19-,20-/m1/s1. The van der Waals surface area contributed by atoms with Gasteiger partial charge in [0.15, 0.2) is 10.9 Å². The number of nitrogens with one attached hydrogen (secondary N) is 2. The van der Waals surface area contributed by atoms with E-state index in [0.29, 0.717) is 17.4 Å². The Kier molecular flexibility index (Phi) is 5.92. The lowest BCUT2D eigenvalue weighted by Gasteiger charge is -2.26. The minimum absolute atomic E-state index is 0.0120. The average molecular weight is 457 g/mol. The maximum atomic E-state index is 13.3. The number of Topliss-reactive ketones (excluding diaryl/α,β-unsaturated/α-hetero) is 1. The van der Waals surface area contributed by atoms with Crippen LogP contribution in [0.5, 0.6) is 0 Å². The highest BCUT2D eigenvalue weighted by Gasteiger charge is 2.69. The lowest BCUT2D eigenvalue weighted by atomic mass is 9.81. The Balaban J connectivity index is 1.21. The van der Waals surface area contributed by atoms with Gasteiger partial charge in [0.2, 0.25) is 11.8 Å². The van der Waals surface area contributed by atoms with Gasteiger partial charge in [-0.15, -0.1) is 11.3 Å². The number of thiazole rings is 1. The summed E-state index contributed by atoms with van der Waals surface area (Å²) in [6.07, 6.45) is 11.2. The van der Waals surface area contributed by atoms with E-state index in [-0.39, 0.29) is 46.7 Å². The first kappa shape index (κ1) is 21.8. The Bertz CT molecular complexity index is 931. The van der Waals surface area contributed by atoms with Gasteiger partial charge < -0.3 is 15.5 Å². The van der Waals surface area contributed by atoms with Gasteiger partial charge in [-0.3, -0.25) is 14.4 Å². The number of amides is 2. The van der Waals surface area contributed by atoms with E-state index >= 15 is 0 Å². The fourth-order valence-electron chi connectivity index (χ4n) is 6.19. The second-order valence-electron chi connectivity index (χ2n) is 9.85. The van der Waals surface area contributed by atoms with Crippen LogP contribution in [0.3, 0.4) is 0 Å². The van der Waals surface area contributed by atoms with Crippen LogP contribution >= 0.6 is 11.3 Å².